The van der Waals surface area contributed by atoms with Crippen LogP contribution in [0.5, 0.6) is 0 Å². The van der Waals surface area contributed by atoms with Crippen LogP contribution in [0.2, 0.25) is 0 Å². The molecule has 1 saturated heterocycles. The lowest BCUT2D eigenvalue weighted by atomic mass is 10.1. The first-order valence-electron chi connectivity index (χ1n) is 10.4. The number of hydrogen-bond donors (Lipinski definition) is 1. The molecule has 1 unspecified atom stereocenters. The molecule has 0 spiro atoms. The number of nitrogens with zero attached hydrogens (tertiary/aromatic N) is 3. The van der Waals surface area contributed by atoms with Crippen molar-refractivity contribution in [1.29, 1.82) is 0 Å². The van der Waals surface area contributed by atoms with E-state index in [1.165, 1.54) is 12.4 Å². The predicted octanol–water partition coefficient (Wildman–Crippen LogP) is 4.44. The molecule has 2 heterocycles. The number of aromatic nitrogens is 2. The van der Waals surface area contributed by atoms with Crippen molar-refractivity contribution in [3.8, 4) is 11.1 Å². The zero-order valence-electron chi connectivity index (χ0n) is 17.3. The minimum Gasteiger partial charge on any atom is -0.351 e. The van der Waals surface area contributed by atoms with Gasteiger partial charge in [0.05, 0.1) is 11.6 Å². The molecule has 32 heavy (non-hydrogen) atoms. The van der Waals surface area contributed by atoms with Crippen LogP contribution in [0.25, 0.3) is 11.1 Å². The van der Waals surface area contributed by atoms with Crippen molar-refractivity contribution in [1.82, 2.24) is 20.2 Å². The summed E-state index contributed by atoms with van der Waals surface area (Å²) in [7, 11) is 0. The number of likely N-dealkylation sites (tertiary alicyclic amines) is 1. The fourth-order valence-corrected chi connectivity index (χ4v) is 3.96. The molecule has 0 bridgehead atoms. The van der Waals surface area contributed by atoms with Crippen molar-refractivity contribution >= 4 is 5.91 Å². The Morgan fingerprint density at radius 3 is 2.50 bits per heavy atom. The van der Waals surface area contributed by atoms with Crippen molar-refractivity contribution in [3.63, 3.8) is 0 Å². The van der Waals surface area contributed by atoms with Crippen LogP contribution in [-0.2, 0) is 24.1 Å². The second-order valence-corrected chi connectivity index (χ2v) is 7.87. The number of rotatable bonds is 6. The van der Waals surface area contributed by atoms with Crippen molar-refractivity contribution in [3.05, 3.63) is 83.9 Å². The standard InChI is InChI=1S/C24H23F3N4O/c25-24(26,27)21-4-1-3-18(11-21)12-30-23(32)22-5-2-10-31(22)15-17-6-8-19(9-7-17)20-13-28-16-29-14-20/h1,3-4,6-9,11,13-14,16,22H,2,5,10,12,15H2,(H,30,32). The maximum absolute atomic E-state index is 12.9. The third kappa shape index (κ3) is 5.31. The summed E-state index contributed by atoms with van der Waals surface area (Å²) in [5, 5.41) is 2.80. The number of halogens is 3. The first-order valence-corrected chi connectivity index (χ1v) is 10.4. The highest BCUT2D eigenvalue weighted by Gasteiger charge is 2.32. The average Bonchev–Trinajstić information content (AvgIpc) is 3.26. The fraction of sp³-hybridized carbons (Fsp3) is 0.292. The zero-order valence-corrected chi connectivity index (χ0v) is 17.3. The van der Waals surface area contributed by atoms with E-state index in [-0.39, 0.29) is 18.5 Å². The molecule has 166 valence electrons. The van der Waals surface area contributed by atoms with Gasteiger partial charge in [0.2, 0.25) is 5.91 Å². The smallest absolute Gasteiger partial charge is 0.351 e. The average molecular weight is 440 g/mol. The van der Waals surface area contributed by atoms with Crippen LogP contribution in [-0.4, -0.2) is 33.4 Å². The summed E-state index contributed by atoms with van der Waals surface area (Å²) in [6.45, 7) is 1.50. The molecule has 5 nitrogen and oxygen atoms in total. The maximum atomic E-state index is 12.9. The molecule has 4 rings (SSSR count). The van der Waals surface area contributed by atoms with E-state index in [4.69, 9.17) is 0 Å². The Bertz CT molecular complexity index is 1050. The number of carbonyl (C=O) groups is 1. The lowest BCUT2D eigenvalue weighted by molar-refractivity contribution is -0.137. The molecule has 8 heteroatoms. The highest BCUT2D eigenvalue weighted by Crippen LogP contribution is 2.29. The molecule has 1 aromatic heterocycles. The van der Waals surface area contributed by atoms with Crippen LogP contribution in [0.15, 0.2) is 67.3 Å². The molecule has 0 saturated carbocycles. The first kappa shape index (κ1) is 22.0. The van der Waals surface area contributed by atoms with Crippen molar-refractivity contribution in [2.24, 2.45) is 0 Å². The van der Waals surface area contributed by atoms with Crippen LogP contribution in [0.4, 0.5) is 13.2 Å². The van der Waals surface area contributed by atoms with Gasteiger partial charge in [-0.3, -0.25) is 9.69 Å². The molecule has 1 N–H and O–H groups in total. The molecular weight excluding hydrogens is 417 g/mol. The Morgan fingerprint density at radius 1 is 1.03 bits per heavy atom. The maximum Gasteiger partial charge on any atom is 0.416 e. The van der Waals surface area contributed by atoms with E-state index in [0.29, 0.717) is 12.1 Å². The largest absolute Gasteiger partial charge is 0.416 e. The summed E-state index contributed by atoms with van der Waals surface area (Å²) in [5.74, 6) is -0.155. The predicted molar refractivity (Wildman–Crippen MR) is 114 cm³/mol. The highest BCUT2D eigenvalue weighted by atomic mass is 19.4. The summed E-state index contributed by atoms with van der Waals surface area (Å²) in [6.07, 6.45) is 2.24. The Hall–Kier alpha value is -3.26. The van der Waals surface area contributed by atoms with Gasteiger partial charge < -0.3 is 5.32 Å². The van der Waals surface area contributed by atoms with Gasteiger partial charge in [-0.2, -0.15) is 13.2 Å². The second-order valence-electron chi connectivity index (χ2n) is 7.87. The van der Waals surface area contributed by atoms with Gasteiger partial charge in [0.1, 0.15) is 6.33 Å². The van der Waals surface area contributed by atoms with Crippen LogP contribution in [0, 0.1) is 0 Å². The normalized spacial score (nSPS) is 16.8. The number of carbonyl (C=O) groups excluding carboxylic acids is 1. The molecule has 1 aliphatic rings. The van der Waals surface area contributed by atoms with E-state index < -0.39 is 11.7 Å². The zero-order chi connectivity index (χ0) is 22.6. The Morgan fingerprint density at radius 2 is 1.78 bits per heavy atom. The molecule has 1 aliphatic heterocycles. The van der Waals surface area contributed by atoms with E-state index in [1.807, 2.05) is 24.3 Å². The molecule has 0 radical (unpaired) electrons. The van der Waals surface area contributed by atoms with Crippen LogP contribution >= 0.6 is 0 Å². The number of nitrogens with one attached hydrogen (secondary N) is 1. The van der Waals surface area contributed by atoms with E-state index in [2.05, 4.69) is 20.2 Å². The van der Waals surface area contributed by atoms with Gasteiger partial charge in [0.25, 0.3) is 0 Å². The SMILES string of the molecule is O=C(NCc1cccc(C(F)(F)F)c1)C1CCCN1Cc1ccc(-c2cncnc2)cc1. The van der Waals surface area contributed by atoms with Gasteiger partial charge in [0, 0.05) is 31.0 Å². The van der Waals surface area contributed by atoms with E-state index in [0.717, 1.165) is 48.2 Å². The minimum absolute atomic E-state index is 0.0704. The molecule has 0 aliphatic carbocycles. The monoisotopic (exact) mass is 440 g/mol. The quantitative estimate of drug-likeness (QED) is 0.616. The third-order valence-corrected chi connectivity index (χ3v) is 5.62. The minimum atomic E-state index is -4.40. The summed E-state index contributed by atoms with van der Waals surface area (Å²) in [5.41, 5.74) is 2.76. The van der Waals surface area contributed by atoms with Crippen LogP contribution in [0.3, 0.4) is 0 Å². The number of benzene rings is 2. The van der Waals surface area contributed by atoms with Crippen LogP contribution in [0.1, 0.15) is 29.5 Å². The highest BCUT2D eigenvalue weighted by molar-refractivity contribution is 5.82. The first-order chi connectivity index (χ1) is 15.4. The fourth-order valence-electron chi connectivity index (χ4n) is 3.96. The number of amides is 1. The van der Waals surface area contributed by atoms with Crippen LogP contribution < -0.4 is 5.32 Å². The summed E-state index contributed by atoms with van der Waals surface area (Å²) in [4.78, 5) is 22.9. The molecule has 1 amide bonds. The van der Waals surface area contributed by atoms with E-state index in [9.17, 15) is 18.0 Å². The van der Waals surface area contributed by atoms with Gasteiger partial charge in [-0.25, -0.2) is 9.97 Å². The summed E-state index contributed by atoms with van der Waals surface area (Å²) >= 11 is 0. The van der Waals surface area contributed by atoms with Gasteiger partial charge in [-0.1, -0.05) is 36.4 Å². The lowest BCUT2D eigenvalue weighted by Crippen LogP contribution is -2.42. The van der Waals surface area contributed by atoms with Crippen molar-refractivity contribution in [2.75, 3.05) is 6.54 Å². The Labute approximate surface area is 184 Å². The topological polar surface area (TPSA) is 58.1 Å². The lowest BCUT2D eigenvalue weighted by Gasteiger charge is -2.24. The van der Waals surface area contributed by atoms with Gasteiger partial charge in [-0.15, -0.1) is 0 Å². The third-order valence-electron chi connectivity index (χ3n) is 5.62. The molecule has 1 atom stereocenters. The van der Waals surface area contributed by atoms with Crippen molar-refractivity contribution < 1.29 is 18.0 Å². The van der Waals surface area contributed by atoms with E-state index >= 15 is 0 Å². The number of alkyl halides is 3. The Kier molecular flexibility index (Phi) is 6.50. The van der Waals surface area contributed by atoms with E-state index in [1.54, 1.807) is 18.5 Å². The van der Waals surface area contributed by atoms with Gasteiger partial charge >= 0.3 is 6.18 Å². The van der Waals surface area contributed by atoms with Gasteiger partial charge in [0.15, 0.2) is 0 Å². The molecule has 1 fully saturated rings. The summed E-state index contributed by atoms with van der Waals surface area (Å²) < 4.78 is 38.7. The second kappa shape index (κ2) is 9.48. The molecule has 2 aromatic carbocycles. The number of hydrogen-bond acceptors (Lipinski definition) is 4. The molecular formula is C24H23F3N4O. The Balaban J connectivity index is 1.36. The van der Waals surface area contributed by atoms with Gasteiger partial charge in [-0.05, 0) is 48.2 Å². The van der Waals surface area contributed by atoms with Crippen molar-refractivity contribution in [2.45, 2.75) is 38.1 Å². The summed E-state index contributed by atoms with van der Waals surface area (Å²) in [6, 6.07) is 12.8. The molecule has 3 aromatic rings.